The van der Waals surface area contributed by atoms with Crippen LogP contribution in [-0.4, -0.2) is 52.5 Å². The Kier molecular flexibility index (Phi) is 4.44. The lowest BCUT2D eigenvalue weighted by atomic mass is 10.3. The van der Waals surface area contributed by atoms with Crippen molar-refractivity contribution in [1.82, 2.24) is 14.8 Å². The van der Waals surface area contributed by atoms with Crippen molar-refractivity contribution in [3.8, 4) is 0 Å². The highest BCUT2D eigenvalue weighted by atomic mass is 32.2. The molecule has 0 amide bonds. The van der Waals surface area contributed by atoms with Crippen molar-refractivity contribution in [2.75, 3.05) is 17.3 Å². The average Bonchev–Trinajstić information content (AvgIpc) is 3.13. The molecule has 3 rings (SSSR count). The Morgan fingerprint density at radius 3 is 2.73 bits per heavy atom. The number of sulfone groups is 1. The smallest absolute Gasteiger partial charge is 0.316 e. The molecule has 0 bridgehead atoms. The van der Waals surface area contributed by atoms with Crippen molar-refractivity contribution < 1.29 is 17.9 Å². The van der Waals surface area contributed by atoms with Gasteiger partial charge in [0.1, 0.15) is 11.9 Å². The molecule has 2 heterocycles. The maximum absolute atomic E-state index is 11.8. The molecule has 0 spiro atoms. The van der Waals surface area contributed by atoms with Gasteiger partial charge in [-0.15, -0.1) is 10.2 Å². The summed E-state index contributed by atoms with van der Waals surface area (Å²) in [6.07, 6.45) is 2.21. The zero-order chi connectivity index (χ0) is 15.7. The predicted molar refractivity (Wildman–Crippen MR) is 81.5 cm³/mol. The van der Waals surface area contributed by atoms with Crippen LogP contribution >= 0.6 is 11.8 Å². The van der Waals surface area contributed by atoms with Gasteiger partial charge in [-0.3, -0.25) is 4.79 Å². The number of rotatable bonds is 6. The summed E-state index contributed by atoms with van der Waals surface area (Å²) in [6, 6.07) is 0. The van der Waals surface area contributed by atoms with Gasteiger partial charge in [0.05, 0.1) is 17.3 Å². The fourth-order valence-electron chi connectivity index (χ4n) is 2.54. The molecule has 122 valence electrons. The lowest BCUT2D eigenvalue weighted by molar-refractivity contribution is -0.144. The Morgan fingerprint density at radius 1 is 1.36 bits per heavy atom. The number of hydrogen-bond acceptors (Lipinski definition) is 7. The van der Waals surface area contributed by atoms with Crippen LogP contribution in [0, 0.1) is 0 Å². The number of aromatic nitrogens is 3. The van der Waals surface area contributed by atoms with Crippen LogP contribution in [0.5, 0.6) is 0 Å². The fraction of sp³-hybridized carbons (Fsp3) is 0.769. The Labute approximate surface area is 133 Å². The van der Waals surface area contributed by atoms with Crippen molar-refractivity contribution in [2.24, 2.45) is 0 Å². The SMILES string of the molecule is CCn1c(SCC(=O)O[C@@H]2CCS(=O)(=O)C2)nnc1C1CC1. The number of esters is 1. The molecule has 1 aliphatic carbocycles. The number of carbonyl (C=O) groups is 1. The van der Waals surface area contributed by atoms with Crippen molar-refractivity contribution in [3.63, 3.8) is 0 Å². The van der Waals surface area contributed by atoms with Crippen LogP contribution in [0.15, 0.2) is 5.16 Å². The van der Waals surface area contributed by atoms with Crippen molar-refractivity contribution in [1.29, 1.82) is 0 Å². The summed E-state index contributed by atoms with van der Waals surface area (Å²) in [4.78, 5) is 11.8. The molecule has 1 saturated carbocycles. The highest BCUT2D eigenvalue weighted by Crippen LogP contribution is 2.39. The number of hydrogen-bond donors (Lipinski definition) is 0. The molecule has 9 heteroatoms. The third-order valence-corrected chi connectivity index (χ3v) is 6.49. The Bertz CT molecular complexity index is 667. The fourth-order valence-corrected chi connectivity index (χ4v) is 4.93. The largest absolute Gasteiger partial charge is 0.461 e. The van der Waals surface area contributed by atoms with E-state index in [9.17, 15) is 13.2 Å². The first kappa shape index (κ1) is 15.8. The minimum Gasteiger partial charge on any atom is -0.461 e. The first-order valence-electron chi connectivity index (χ1n) is 7.44. The summed E-state index contributed by atoms with van der Waals surface area (Å²) in [7, 11) is -3.03. The summed E-state index contributed by atoms with van der Waals surface area (Å²) in [5.74, 6) is 1.29. The van der Waals surface area contributed by atoms with E-state index in [4.69, 9.17) is 4.74 Å². The summed E-state index contributed by atoms with van der Waals surface area (Å²) in [5.41, 5.74) is 0. The van der Waals surface area contributed by atoms with Gasteiger partial charge in [-0.2, -0.15) is 0 Å². The van der Waals surface area contributed by atoms with Gasteiger partial charge in [-0.05, 0) is 26.2 Å². The molecule has 0 N–H and O–H groups in total. The van der Waals surface area contributed by atoms with E-state index in [1.54, 1.807) is 0 Å². The van der Waals surface area contributed by atoms with E-state index in [0.29, 0.717) is 12.3 Å². The zero-order valence-electron chi connectivity index (χ0n) is 12.4. The quantitative estimate of drug-likeness (QED) is 0.561. The standard InChI is InChI=1S/C13H19N3O4S2/c1-2-16-12(9-3-4-9)14-15-13(16)21-7-11(17)20-10-5-6-22(18,19)8-10/h9-10H,2-8H2,1H3/t10-/m1/s1. The Hall–Kier alpha value is -1.09. The number of thioether (sulfide) groups is 1. The summed E-state index contributed by atoms with van der Waals surface area (Å²) in [5, 5.41) is 9.08. The van der Waals surface area contributed by atoms with Crippen LogP contribution in [0.25, 0.3) is 0 Å². The second-order valence-corrected chi connectivity index (χ2v) is 8.83. The molecule has 1 saturated heterocycles. The minimum absolute atomic E-state index is 0.0552. The second-order valence-electron chi connectivity index (χ2n) is 5.66. The molecule has 1 aliphatic heterocycles. The van der Waals surface area contributed by atoms with E-state index in [0.717, 1.165) is 30.4 Å². The molecule has 22 heavy (non-hydrogen) atoms. The molecule has 2 fully saturated rings. The molecule has 0 radical (unpaired) electrons. The maximum Gasteiger partial charge on any atom is 0.316 e. The zero-order valence-corrected chi connectivity index (χ0v) is 14.0. The van der Waals surface area contributed by atoms with Gasteiger partial charge in [0, 0.05) is 12.5 Å². The van der Waals surface area contributed by atoms with Gasteiger partial charge in [-0.25, -0.2) is 8.42 Å². The van der Waals surface area contributed by atoms with E-state index in [-0.39, 0.29) is 17.3 Å². The van der Waals surface area contributed by atoms with Crippen molar-refractivity contribution in [3.05, 3.63) is 5.82 Å². The second kappa shape index (κ2) is 6.19. The van der Waals surface area contributed by atoms with Gasteiger partial charge in [0.25, 0.3) is 0 Å². The van der Waals surface area contributed by atoms with Gasteiger partial charge in [0.2, 0.25) is 0 Å². The minimum atomic E-state index is -3.03. The molecule has 7 nitrogen and oxygen atoms in total. The van der Waals surface area contributed by atoms with Gasteiger partial charge in [-0.1, -0.05) is 11.8 Å². The van der Waals surface area contributed by atoms with E-state index in [2.05, 4.69) is 10.2 Å². The van der Waals surface area contributed by atoms with Gasteiger partial charge >= 0.3 is 5.97 Å². The van der Waals surface area contributed by atoms with Crippen molar-refractivity contribution in [2.45, 2.75) is 49.9 Å². The van der Waals surface area contributed by atoms with Crippen molar-refractivity contribution >= 4 is 27.6 Å². The van der Waals surface area contributed by atoms with Crippen LogP contribution in [0.4, 0.5) is 0 Å². The first-order chi connectivity index (χ1) is 10.5. The van der Waals surface area contributed by atoms with E-state index in [1.807, 2.05) is 11.5 Å². The molecular weight excluding hydrogens is 326 g/mol. The predicted octanol–water partition coefficient (Wildman–Crippen LogP) is 0.998. The Morgan fingerprint density at radius 2 is 2.14 bits per heavy atom. The monoisotopic (exact) mass is 345 g/mol. The topological polar surface area (TPSA) is 91.2 Å². The highest BCUT2D eigenvalue weighted by Gasteiger charge is 2.32. The molecule has 1 aromatic heterocycles. The van der Waals surface area contributed by atoms with Crippen LogP contribution in [0.3, 0.4) is 0 Å². The van der Waals surface area contributed by atoms with Crippen LogP contribution in [0.1, 0.15) is 37.9 Å². The van der Waals surface area contributed by atoms with Crippen LogP contribution in [0.2, 0.25) is 0 Å². The Balaban J connectivity index is 1.53. The average molecular weight is 345 g/mol. The van der Waals surface area contributed by atoms with Gasteiger partial charge in [0.15, 0.2) is 15.0 Å². The van der Waals surface area contributed by atoms with Crippen LogP contribution in [-0.2, 0) is 25.9 Å². The number of ether oxygens (including phenoxy) is 1. The highest BCUT2D eigenvalue weighted by molar-refractivity contribution is 7.99. The van der Waals surface area contributed by atoms with E-state index in [1.165, 1.54) is 11.8 Å². The summed E-state index contributed by atoms with van der Waals surface area (Å²) >= 11 is 1.29. The normalized spacial score (nSPS) is 23.6. The van der Waals surface area contributed by atoms with Gasteiger partial charge < -0.3 is 9.30 Å². The molecule has 1 aromatic rings. The lowest BCUT2D eigenvalue weighted by Crippen LogP contribution is -2.20. The third kappa shape index (κ3) is 3.62. The maximum atomic E-state index is 11.8. The molecular formula is C13H19N3O4S2. The summed E-state index contributed by atoms with van der Waals surface area (Å²) < 4.78 is 29.9. The molecule has 1 atom stereocenters. The molecule has 0 unspecified atom stereocenters. The number of nitrogens with zero attached hydrogens (tertiary/aromatic N) is 3. The first-order valence-corrected chi connectivity index (χ1v) is 10.2. The van der Waals surface area contributed by atoms with E-state index < -0.39 is 21.9 Å². The lowest BCUT2D eigenvalue weighted by Gasteiger charge is -2.10. The molecule has 2 aliphatic rings. The van der Waals surface area contributed by atoms with Crippen LogP contribution < -0.4 is 0 Å². The van der Waals surface area contributed by atoms with E-state index >= 15 is 0 Å². The molecule has 0 aromatic carbocycles. The third-order valence-electron chi connectivity index (χ3n) is 3.81. The summed E-state index contributed by atoms with van der Waals surface area (Å²) in [6.45, 7) is 2.80. The number of carbonyl (C=O) groups excluding carboxylic acids is 1.